The number of anilines is 1. The van der Waals surface area contributed by atoms with E-state index in [1.54, 1.807) is 11.9 Å². The van der Waals surface area contributed by atoms with Crippen molar-refractivity contribution in [3.8, 4) is 0 Å². The molecule has 0 aromatic carbocycles. The van der Waals surface area contributed by atoms with Gasteiger partial charge in [-0.1, -0.05) is 5.10 Å². The van der Waals surface area contributed by atoms with Crippen LogP contribution in [-0.4, -0.2) is 41.8 Å². The Labute approximate surface area is 112 Å². The quantitative estimate of drug-likeness (QED) is 0.738. The lowest BCUT2D eigenvalue weighted by atomic mass is 10.4. The molecule has 1 aromatic rings. The standard InChI is InChI=1S/C12H21N5O2/c1-8(2)14-10(18)7-17(3)12-16-15-11(19-12)6-13-9-4-5-9/h8-9,13H,4-7H2,1-3H3,(H,14,18). The fraction of sp³-hybridized carbons (Fsp3) is 0.750. The Balaban J connectivity index is 1.80. The monoisotopic (exact) mass is 267 g/mol. The number of nitrogens with one attached hydrogen (secondary N) is 2. The van der Waals surface area contributed by atoms with Gasteiger partial charge in [-0.15, -0.1) is 5.10 Å². The van der Waals surface area contributed by atoms with E-state index < -0.39 is 0 Å². The highest BCUT2D eigenvalue weighted by molar-refractivity contribution is 5.80. The van der Waals surface area contributed by atoms with Crippen molar-refractivity contribution in [3.05, 3.63) is 5.89 Å². The van der Waals surface area contributed by atoms with Crippen LogP contribution < -0.4 is 15.5 Å². The summed E-state index contributed by atoms with van der Waals surface area (Å²) in [6.07, 6.45) is 2.44. The molecule has 0 aliphatic heterocycles. The Morgan fingerprint density at radius 3 is 2.84 bits per heavy atom. The van der Waals surface area contributed by atoms with Gasteiger partial charge < -0.3 is 20.0 Å². The number of hydrogen-bond acceptors (Lipinski definition) is 6. The normalized spacial score (nSPS) is 14.7. The lowest BCUT2D eigenvalue weighted by molar-refractivity contribution is -0.120. The number of aromatic nitrogens is 2. The fourth-order valence-corrected chi connectivity index (χ4v) is 1.64. The second kappa shape index (κ2) is 6.01. The van der Waals surface area contributed by atoms with Crippen molar-refractivity contribution in [1.82, 2.24) is 20.8 Å². The van der Waals surface area contributed by atoms with Crippen LogP contribution in [0.4, 0.5) is 6.01 Å². The summed E-state index contributed by atoms with van der Waals surface area (Å²) >= 11 is 0. The summed E-state index contributed by atoms with van der Waals surface area (Å²) < 4.78 is 5.49. The summed E-state index contributed by atoms with van der Waals surface area (Å²) in [4.78, 5) is 13.3. The van der Waals surface area contributed by atoms with Crippen molar-refractivity contribution in [1.29, 1.82) is 0 Å². The Morgan fingerprint density at radius 2 is 2.21 bits per heavy atom. The summed E-state index contributed by atoms with van der Waals surface area (Å²) in [5.41, 5.74) is 0. The number of likely N-dealkylation sites (N-methyl/N-ethyl adjacent to an activating group) is 1. The third-order valence-corrected chi connectivity index (χ3v) is 2.73. The fourth-order valence-electron chi connectivity index (χ4n) is 1.64. The lowest BCUT2D eigenvalue weighted by Crippen LogP contribution is -2.38. The molecule has 0 unspecified atom stereocenters. The number of hydrogen-bond donors (Lipinski definition) is 2. The van der Waals surface area contributed by atoms with Crippen LogP contribution in [-0.2, 0) is 11.3 Å². The van der Waals surface area contributed by atoms with E-state index in [-0.39, 0.29) is 18.5 Å². The minimum absolute atomic E-state index is 0.0617. The van der Waals surface area contributed by atoms with E-state index in [1.807, 2.05) is 13.8 Å². The number of carbonyl (C=O) groups is 1. The molecule has 1 aliphatic rings. The molecule has 0 saturated heterocycles. The zero-order chi connectivity index (χ0) is 13.8. The van der Waals surface area contributed by atoms with Crippen LogP contribution in [0.1, 0.15) is 32.6 Å². The van der Waals surface area contributed by atoms with Gasteiger partial charge in [0.1, 0.15) is 6.54 Å². The van der Waals surface area contributed by atoms with Gasteiger partial charge in [0.2, 0.25) is 11.8 Å². The van der Waals surface area contributed by atoms with Crippen LogP contribution in [0.3, 0.4) is 0 Å². The van der Waals surface area contributed by atoms with E-state index in [2.05, 4.69) is 20.8 Å². The second-order valence-electron chi connectivity index (χ2n) is 5.21. The van der Waals surface area contributed by atoms with Crippen molar-refractivity contribution >= 4 is 11.9 Å². The van der Waals surface area contributed by atoms with E-state index in [0.717, 1.165) is 0 Å². The van der Waals surface area contributed by atoms with Crippen LogP contribution >= 0.6 is 0 Å². The van der Waals surface area contributed by atoms with E-state index in [9.17, 15) is 4.79 Å². The molecule has 7 heteroatoms. The van der Waals surface area contributed by atoms with E-state index in [0.29, 0.717) is 24.5 Å². The molecule has 1 aliphatic carbocycles. The molecule has 1 aromatic heterocycles. The van der Waals surface area contributed by atoms with Crippen molar-refractivity contribution < 1.29 is 9.21 Å². The molecule has 1 amide bonds. The minimum Gasteiger partial charge on any atom is -0.407 e. The van der Waals surface area contributed by atoms with E-state index >= 15 is 0 Å². The first-order chi connectivity index (χ1) is 9.04. The van der Waals surface area contributed by atoms with Crippen LogP contribution in [0.25, 0.3) is 0 Å². The van der Waals surface area contributed by atoms with Crippen molar-refractivity contribution in [3.63, 3.8) is 0 Å². The molecule has 1 fully saturated rings. The van der Waals surface area contributed by atoms with Crippen molar-refractivity contribution in [2.45, 2.75) is 45.3 Å². The highest BCUT2D eigenvalue weighted by Crippen LogP contribution is 2.19. The van der Waals surface area contributed by atoms with Crippen LogP contribution in [0.2, 0.25) is 0 Å². The molecule has 0 radical (unpaired) electrons. The minimum atomic E-state index is -0.0617. The van der Waals surface area contributed by atoms with E-state index in [1.165, 1.54) is 12.8 Å². The third kappa shape index (κ3) is 4.51. The average molecular weight is 267 g/mol. The van der Waals surface area contributed by atoms with Gasteiger partial charge in [-0.25, -0.2) is 0 Å². The van der Waals surface area contributed by atoms with Gasteiger partial charge in [0, 0.05) is 19.1 Å². The summed E-state index contributed by atoms with van der Waals surface area (Å²) in [6, 6.07) is 1.10. The maximum Gasteiger partial charge on any atom is 0.318 e. The third-order valence-electron chi connectivity index (χ3n) is 2.73. The number of rotatable bonds is 7. The zero-order valence-electron chi connectivity index (χ0n) is 11.6. The summed E-state index contributed by atoms with van der Waals surface area (Å²) in [5.74, 6) is 0.492. The molecule has 19 heavy (non-hydrogen) atoms. The number of carbonyl (C=O) groups excluding carboxylic acids is 1. The van der Waals surface area contributed by atoms with Gasteiger partial charge in [0.25, 0.3) is 0 Å². The molecule has 0 bridgehead atoms. The Hall–Kier alpha value is -1.63. The molecule has 2 N–H and O–H groups in total. The maximum absolute atomic E-state index is 11.6. The summed E-state index contributed by atoms with van der Waals surface area (Å²) in [6.45, 7) is 4.64. The van der Waals surface area contributed by atoms with Gasteiger partial charge in [-0.2, -0.15) is 0 Å². The molecule has 0 spiro atoms. The average Bonchev–Trinajstić information content (AvgIpc) is 3.02. The Morgan fingerprint density at radius 1 is 1.47 bits per heavy atom. The molecule has 2 rings (SSSR count). The zero-order valence-corrected chi connectivity index (χ0v) is 11.6. The van der Waals surface area contributed by atoms with Crippen molar-refractivity contribution in [2.24, 2.45) is 0 Å². The number of amides is 1. The molecule has 1 saturated carbocycles. The summed E-state index contributed by atoms with van der Waals surface area (Å²) in [7, 11) is 1.76. The second-order valence-corrected chi connectivity index (χ2v) is 5.21. The first-order valence-corrected chi connectivity index (χ1v) is 6.61. The predicted molar refractivity (Wildman–Crippen MR) is 70.7 cm³/mol. The Bertz CT molecular complexity index is 428. The van der Waals surface area contributed by atoms with Crippen molar-refractivity contribution in [2.75, 3.05) is 18.5 Å². The first-order valence-electron chi connectivity index (χ1n) is 6.61. The van der Waals surface area contributed by atoms with Gasteiger partial charge in [-0.3, -0.25) is 4.79 Å². The number of nitrogens with zero attached hydrogens (tertiary/aromatic N) is 3. The topological polar surface area (TPSA) is 83.3 Å². The molecule has 0 atom stereocenters. The molecular formula is C12H21N5O2. The Kier molecular flexibility index (Phi) is 4.36. The predicted octanol–water partition coefficient (Wildman–Crippen LogP) is 0.282. The van der Waals surface area contributed by atoms with Gasteiger partial charge >= 0.3 is 6.01 Å². The summed E-state index contributed by atoms with van der Waals surface area (Å²) in [5, 5.41) is 14.0. The highest BCUT2D eigenvalue weighted by atomic mass is 16.4. The first kappa shape index (κ1) is 13.8. The van der Waals surface area contributed by atoms with Crippen LogP contribution in [0, 0.1) is 0 Å². The molecule has 7 nitrogen and oxygen atoms in total. The van der Waals surface area contributed by atoms with E-state index in [4.69, 9.17) is 4.42 Å². The smallest absolute Gasteiger partial charge is 0.318 e. The molecule has 1 heterocycles. The molecule has 106 valence electrons. The van der Waals surface area contributed by atoms with Gasteiger partial charge in [0.15, 0.2) is 0 Å². The van der Waals surface area contributed by atoms with Crippen LogP contribution in [0.15, 0.2) is 4.42 Å². The molecular weight excluding hydrogens is 246 g/mol. The van der Waals surface area contributed by atoms with Gasteiger partial charge in [-0.05, 0) is 26.7 Å². The SMILES string of the molecule is CC(C)NC(=O)CN(C)c1nnc(CNC2CC2)o1. The lowest BCUT2D eigenvalue weighted by Gasteiger charge is -2.14. The highest BCUT2D eigenvalue weighted by Gasteiger charge is 2.21. The van der Waals surface area contributed by atoms with Gasteiger partial charge in [0.05, 0.1) is 6.54 Å². The van der Waals surface area contributed by atoms with Crippen LogP contribution in [0.5, 0.6) is 0 Å². The largest absolute Gasteiger partial charge is 0.407 e. The maximum atomic E-state index is 11.6.